The van der Waals surface area contributed by atoms with Crippen molar-refractivity contribution in [1.29, 1.82) is 5.26 Å². The summed E-state index contributed by atoms with van der Waals surface area (Å²) in [6.45, 7) is 0. The van der Waals surface area contributed by atoms with Crippen LogP contribution >= 0.6 is 0 Å². The van der Waals surface area contributed by atoms with Gasteiger partial charge in [0.25, 0.3) is 0 Å². The molecule has 3 aromatic rings. The van der Waals surface area contributed by atoms with Gasteiger partial charge in [0.05, 0.1) is 11.6 Å². The van der Waals surface area contributed by atoms with Crippen LogP contribution in [0.15, 0.2) is 42.5 Å². The molecule has 0 unspecified atom stereocenters. The van der Waals surface area contributed by atoms with Gasteiger partial charge in [0.15, 0.2) is 0 Å². The molecule has 1 N–H and O–H groups in total. The molecule has 2 nitrogen and oxygen atoms in total. The summed E-state index contributed by atoms with van der Waals surface area (Å²) in [5.74, 6) is 0. The second-order valence-corrected chi connectivity index (χ2v) is 5.08. The van der Waals surface area contributed by atoms with E-state index >= 15 is 0 Å². The lowest BCUT2D eigenvalue weighted by molar-refractivity contribution is 0.979. The van der Waals surface area contributed by atoms with Crippen LogP contribution in [0.1, 0.15) is 27.9 Å². The summed E-state index contributed by atoms with van der Waals surface area (Å²) >= 11 is 0. The molecular weight excluding hydrogens is 232 g/mol. The molecule has 1 aliphatic rings. The smallest absolute Gasteiger partial charge is 0.0991 e. The molecular formula is C17H12N2. The highest BCUT2D eigenvalue weighted by molar-refractivity contribution is 5.85. The van der Waals surface area contributed by atoms with E-state index in [9.17, 15) is 0 Å². The molecule has 0 spiro atoms. The fraction of sp³-hybridized carbons (Fsp3) is 0.118. The van der Waals surface area contributed by atoms with Crippen molar-refractivity contribution >= 4 is 10.9 Å². The number of hydrogen-bond acceptors (Lipinski definition) is 1. The lowest BCUT2D eigenvalue weighted by atomic mass is 9.88. The summed E-state index contributed by atoms with van der Waals surface area (Å²) in [6.07, 6.45) is 1.86. The maximum absolute atomic E-state index is 9.01. The van der Waals surface area contributed by atoms with E-state index in [4.69, 9.17) is 5.26 Å². The van der Waals surface area contributed by atoms with Gasteiger partial charge in [-0.15, -0.1) is 0 Å². The van der Waals surface area contributed by atoms with Crippen molar-refractivity contribution in [3.05, 3.63) is 70.4 Å². The third kappa shape index (κ3) is 1.49. The molecule has 0 fully saturated rings. The molecule has 2 heteroatoms. The molecule has 0 radical (unpaired) electrons. The largest absolute Gasteiger partial charge is 0.358 e. The average molecular weight is 244 g/mol. The number of para-hydroxylation sites is 1. The topological polar surface area (TPSA) is 39.6 Å². The van der Waals surface area contributed by atoms with Crippen molar-refractivity contribution in [2.45, 2.75) is 12.8 Å². The van der Waals surface area contributed by atoms with Crippen LogP contribution in [0.2, 0.25) is 0 Å². The van der Waals surface area contributed by atoms with Gasteiger partial charge in [-0.05, 0) is 34.9 Å². The summed E-state index contributed by atoms with van der Waals surface area (Å²) in [5.41, 5.74) is 7.29. The lowest BCUT2D eigenvalue weighted by Gasteiger charge is -2.16. The van der Waals surface area contributed by atoms with Crippen LogP contribution < -0.4 is 0 Å². The van der Waals surface area contributed by atoms with Crippen LogP contribution in [0.25, 0.3) is 10.9 Å². The van der Waals surface area contributed by atoms with Crippen LogP contribution in [0.4, 0.5) is 0 Å². The Labute approximate surface area is 111 Å². The molecule has 0 saturated heterocycles. The third-order valence-corrected chi connectivity index (χ3v) is 3.97. The number of rotatable bonds is 0. The number of fused-ring (bicyclic) bond motifs is 4. The summed E-state index contributed by atoms with van der Waals surface area (Å²) in [6, 6.07) is 16.7. The van der Waals surface area contributed by atoms with Crippen molar-refractivity contribution in [2.75, 3.05) is 0 Å². The van der Waals surface area contributed by atoms with E-state index in [1.54, 1.807) is 0 Å². The predicted octanol–water partition coefficient (Wildman–Crippen LogP) is 3.53. The normalized spacial score (nSPS) is 12.8. The minimum absolute atomic E-state index is 0.752. The van der Waals surface area contributed by atoms with Crippen molar-refractivity contribution in [2.24, 2.45) is 0 Å². The molecule has 1 heterocycles. The molecule has 2 aromatic carbocycles. The number of H-pyrrole nitrogens is 1. The molecule has 1 aliphatic carbocycles. The Morgan fingerprint density at radius 3 is 2.79 bits per heavy atom. The number of nitrogens with one attached hydrogen (secondary N) is 1. The summed E-state index contributed by atoms with van der Waals surface area (Å²) in [5, 5.41) is 10.3. The van der Waals surface area contributed by atoms with Gasteiger partial charge in [-0.1, -0.05) is 24.3 Å². The van der Waals surface area contributed by atoms with Crippen molar-refractivity contribution in [3.63, 3.8) is 0 Å². The Morgan fingerprint density at radius 1 is 1.00 bits per heavy atom. The van der Waals surface area contributed by atoms with Crippen LogP contribution in [0.3, 0.4) is 0 Å². The van der Waals surface area contributed by atoms with Gasteiger partial charge < -0.3 is 4.98 Å². The van der Waals surface area contributed by atoms with E-state index in [-0.39, 0.29) is 0 Å². The molecule has 90 valence electrons. The van der Waals surface area contributed by atoms with Crippen molar-refractivity contribution < 1.29 is 0 Å². The molecule has 0 amide bonds. The van der Waals surface area contributed by atoms with Crippen molar-refractivity contribution in [3.8, 4) is 6.07 Å². The van der Waals surface area contributed by atoms with Crippen LogP contribution in [0.5, 0.6) is 0 Å². The van der Waals surface area contributed by atoms with E-state index in [1.165, 1.54) is 33.3 Å². The van der Waals surface area contributed by atoms with Gasteiger partial charge in [-0.3, -0.25) is 0 Å². The van der Waals surface area contributed by atoms with Gasteiger partial charge in [0, 0.05) is 29.4 Å². The maximum atomic E-state index is 9.01. The Balaban J connectivity index is 1.91. The Hall–Kier alpha value is -2.53. The highest BCUT2D eigenvalue weighted by Crippen LogP contribution is 2.32. The number of hydrogen-bond donors (Lipinski definition) is 1. The highest BCUT2D eigenvalue weighted by Gasteiger charge is 2.19. The number of aromatic amines is 1. The van der Waals surface area contributed by atoms with E-state index in [1.807, 2.05) is 12.1 Å². The first-order chi connectivity index (χ1) is 9.35. The summed E-state index contributed by atoms with van der Waals surface area (Å²) < 4.78 is 0. The monoisotopic (exact) mass is 244 g/mol. The average Bonchev–Trinajstić information content (AvgIpc) is 2.82. The van der Waals surface area contributed by atoms with Crippen LogP contribution in [-0.4, -0.2) is 4.98 Å². The van der Waals surface area contributed by atoms with E-state index < -0.39 is 0 Å². The zero-order valence-electron chi connectivity index (χ0n) is 10.4. The molecule has 0 atom stereocenters. The summed E-state index contributed by atoms with van der Waals surface area (Å²) in [4.78, 5) is 3.52. The zero-order valence-corrected chi connectivity index (χ0v) is 10.4. The quantitative estimate of drug-likeness (QED) is 0.505. The maximum Gasteiger partial charge on any atom is 0.0991 e. The third-order valence-electron chi connectivity index (χ3n) is 3.97. The van der Waals surface area contributed by atoms with E-state index in [0.717, 1.165) is 18.4 Å². The highest BCUT2D eigenvalue weighted by atomic mass is 14.7. The van der Waals surface area contributed by atoms with Gasteiger partial charge in [0.2, 0.25) is 0 Å². The second-order valence-electron chi connectivity index (χ2n) is 5.08. The van der Waals surface area contributed by atoms with Crippen LogP contribution in [0, 0.1) is 11.3 Å². The summed E-state index contributed by atoms with van der Waals surface area (Å²) in [7, 11) is 0. The first-order valence-corrected chi connectivity index (χ1v) is 6.45. The molecule has 0 aliphatic heterocycles. The number of aromatic nitrogens is 1. The zero-order chi connectivity index (χ0) is 12.8. The first kappa shape index (κ1) is 10.4. The molecule has 0 bridgehead atoms. The van der Waals surface area contributed by atoms with Gasteiger partial charge in [0.1, 0.15) is 0 Å². The first-order valence-electron chi connectivity index (χ1n) is 6.45. The van der Waals surface area contributed by atoms with Gasteiger partial charge >= 0.3 is 0 Å². The molecule has 19 heavy (non-hydrogen) atoms. The second kappa shape index (κ2) is 3.73. The standard InChI is InChI=1S/C17H12N2/c18-10-11-5-6-12-9-17-15(8-13(12)7-11)14-3-1-2-4-16(14)19-17/h1-7,19H,8-9H2. The molecule has 1 aromatic heterocycles. The van der Waals surface area contributed by atoms with Gasteiger partial charge in [-0.25, -0.2) is 0 Å². The Bertz CT molecular complexity index is 834. The number of nitriles is 1. The van der Waals surface area contributed by atoms with Gasteiger partial charge in [-0.2, -0.15) is 5.26 Å². The van der Waals surface area contributed by atoms with Crippen LogP contribution in [-0.2, 0) is 12.8 Å². The minimum atomic E-state index is 0.752. The van der Waals surface area contributed by atoms with Crippen molar-refractivity contribution in [1.82, 2.24) is 4.98 Å². The Kier molecular flexibility index (Phi) is 2.04. The van der Waals surface area contributed by atoms with E-state index in [0.29, 0.717) is 0 Å². The molecule has 4 rings (SSSR count). The fourth-order valence-electron chi connectivity index (χ4n) is 3.02. The van der Waals surface area contributed by atoms with E-state index in [2.05, 4.69) is 41.4 Å². The SMILES string of the molecule is N#Cc1ccc2c(c1)Cc1c([nH]c3ccccc13)C2. The predicted molar refractivity (Wildman–Crippen MR) is 75.1 cm³/mol. The molecule has 0 saturated carbocycles. The lowest BCUT2D eigenvalue weighted by Crippen LogP contribution is -2.06. The number of benzene rings is 2. The fourth-order valence-corrected chi connectivity index (χ4v) is 3.02. The number of nitrogens with zero attached hydrogens (tertiary/aromatic N) is 1. The minimum Gasteiger partial charge on any atom is -0.358 e. The Morgan fingerprint density at radius 2 is 1.89 bits per heavy atom.